The summed E-state index contributed by atoms with van der Waals surface area (Å²) in [6, 6.07) is 14.8. The van der Waals surface area contributed by atoms with Gasteiger partial charge in [-0.05, 0) is 29.2 Å². The average Bonchev–Trinajstić information content (AvgIpc) is 2.39. The predicted octanol–water partition coefficient (Wildman–Crippen LogP) is 4.32. The zero-order valence-electron chi connectivity index (χ0n) is 11.1. The molecule has 0 radical (unpaired) electrons. The highest BCUT2D eigenvalue weighted by Crippen LogP contribution is 2.17. The molecule has 0 amide bonds. The summed E-state index contributed by atoms with van der Waals surface area (Å²) in [5.41, 5.74) is 1.23. The first kappa shape index (κ1) is 13.1. The fraction of sp³-hybridized carbons (Fsp3) is 0.412. The molecule has 1 nitrogen and oxygen atoms in total. The van der Waals surface area contributed by atoms with E-state index in [1.807, 2.05) is 0 Å². The van der Waals surface area contributed by atoms with Gasteiger partial charge in [0, 0.05) is 0 Å². The Bertz CT molecular complexity index is 490. The number of hydrogen-bond donors (Lipinski definition) is 1. The quantitative estimate of drug-likeness (QED) is 0.748. The van der Waals surface area contributed by atoms with Crippen LogP contribution in [0.25, 0.3) is 10.8 Å². The van der Waals surface area contributed by atoms with Crippen molar-refractivity contribution in [3.05, 3.63) is 48.0 Å². The fourth-order valence-corrected chi connectivity index (χ4v) is 2.37. The van der Waals surface area contributed by atoms with E-state index in [2.05, 4.69) is 49.4 Å². The van der Waals surface area contributed by atoms with Crippen LogP contribution in [-0.2, 0) is 6.42 Å². The molecule has 0 aliphatic rings. The second-order valence-corrected chi connectivity index (χ2v) is 5.04. The lowest BCUT2D eigenvalue weighted by Crippen LogP contribution is -2.10. The molecule has 0 aliphatic carbocycles. The first-order chi connectivity index (χ1) is 8.79. The van der Waals surface area contributed by atoms with Crippen LogP contribution in [0, 0.1) is 0 Å². The Kier molecular flexibility index (Phi) is 4.77. The Morgan fingerprint density at radius 1 is 1.00 bits per heavy atom. The molecule has 0 saturated carbocycles. The van der Waals surface area contributed by atoms with Gasteiger partial charge >= 0.3 is 0 Å². The van der Waals surface area contributed by atoms with Crippen molar-refractivity contribution in [2.45, 2.75) is 45.1 Å². The molecule has 2 aromatic rings. The lowest BCUT2D eigenvalue weighted by Gasteiger charge is -2.11. The molecule has 2 rings (SSSR count). The standard InChI is InChI=1S/C17H22O/c1-2-3-4-9-17(18)13-14-10-11-15-7-5-6-8-16(15)12-14/h5-8,10-12,17-18H,2-4,9,13H2,1H3. The number of hydrogen-bond acceptors (Lipinski definition) is 1. The maximum absolute atomic E-state index is 10.0. The molecule has 0 bridgehead atoms. The van der Waals surface area contributed by atoms with Crippen LogP contribution in [0.15, 0.2) is 42.5 Å². The molecule has 1 heteroatoms. The first-order valence-electron chi connectivity index (χ1n) is 6.95. The fourth-order valence-electron chi connectivity index (χ4n) is 2.37. The van der Waals surface area contributed by atoms with Crippen LogP contribution >= 0.6 is 0 Å². The third-order valence-corrected chi connectivity index (χ3v) is 3.43. The topological polar surface area (TPSA) is 20.2 Å². The van der Waals surface area contributed by atoms with E-state index in [0.29, 0.717) is 0 Å². The Labute approximate surface area is 109 Å². The summed E-state index contributed by atoms with van der Waals surface area (Å²) in [4.78, 5) is 0. The minimum absolute atomic E-state index is 0.197. The number of aliphatic hydroxyl groups excluding tert-OH is 1. The maximum atomic E-state index is 10.0. The monoisotopic (exact) mass is 242 g/mol. The smallest absolute Gasteiger partial charge is 0.0580 e. The van der Waals surface area contributed by atoms with E-state index in [0.717, 1.165) is 19.3 Å². The molecule has 0 aliphatic heterocycles. The maximum Gasteiger partial charge on any atom is 0.0580 e. The highest BCUT2D eigenvalue weighted by atomic mass is 16.3. The number of aliphatic hydroxyl groups is 1. The minimum atomic E-state index is -0.197. The molecule has 0 aromatic heterocycles. The summed E-state index contributed by atoms with van der Waals surface area (Å²) in [6.07, 6.45) is 5.05. The van der Waals surface area contributed by atoms with Crippen molar-refractivity contribution in [1.29, 1.82) is 0 Å². The molecule has 1 unspecified atom stereocenters. The predicted molar refractivity (Wildman–Crippen MR) is 77.8 cm³/mol. The third-order valence-electron chi connectivity index (χ3n) is 3.43. The summed E-state index contributed by atoms with van der Waals surface area (Å²) < 4.78 is 0. The Hall–Kier alpha value is -1.34. The average molecular weight is 242 g/mol. The van der Waals surface area contributed by atoms with Gasteiger partial charge in [-0.15, -0.1) is 0 Å². The van der Waals surface area contributed by atoms with E-state index < -0.39 is 0 Å². The van der Waals surface area contributed by atoms with E-state index in [4.69, 9.17) is 0 Å². The lowest BCUT2D eigenvalue weighted by atomic mass is 10.00. The molecule has 1 atom stereocenters. The van der Waals surface area contributed by atoms with E-state index >= 15 is 0 Å². The van der Waals surface area contributed by atoms with Crippen molar-refractivity contribution >= 4 is 10.8 Å². The van der Waals surface area contributed by atoms with Crippen molar-refractivity contribution < 1.29 is 5.11 Å². The third kappa shape index (κ3) is 3.58. The van der Waals surface area contributed by atoms with Gasteiger partial charge in [0.25, 0.3) is 0 Å². The van der Waals surface area contributed by atoms with E-state index in [1.54, 1.807) is 0 Å². The minimum Gasteiger partial charge on any atom is -0.393 e. The van der Waals surface area contributed by atoms with E-state index in [9.17, 15) is 5.11 Å². The molecule has 2 aromatic carbocycles. The van der Waals surface area contributed by atoms with Crippen LogP contribution in [0.3, 0.4) is 0 Å². The molecule has 0 spiro atoms. The zero-order valence-corrected chi connectivity index (χ0v) is 11.1. The van der Waals surface area contributed by atoms with Gasteiger partial charge in [-0.25, -0.2) is 0 Å². The van der Waals surface area contributed by atoms with Gasteiger partial charge in [0.15, 0.2) is 0 Å². The Balaban J connectivity index is 1.98. The second-order valence-electron chi connectivity index (χ2n) is 5.04. The van der Waals surface area contributed by atoms with Gasteiger partial charge < -0.3 is 5.11 Å². The largest absolute Gasteiger partial charge is 0.393 e. The summed E-state index contributed by atoms with van der Waals surface area (Å²) in [6.45, 7) is 2.19. The van der Waals surface area contributed by atoms with Crippen molar-refractivity contribution in [2.24, 2.45) is 0 Å². The summed E-state index contributed by atoms with van der Waals surface area (Å²) in [7, 11) is 0. The van der Waals surface area contributed by atoms with Crippen LogP contribution < -0.4 is 0 Å². The van der Waals surface area contributed by atoms with Crippen LogP contribution in [0.4, 0.5) is 0 Å². The molecular formula is C17H22O. The molecule has 1 N–H and O–H groups in total. The first-order valence-corrected chi connectivity index (χ1v) is 6.95. The Morgan fingerprint density at radius 2 is 1.78 bits per heavy atom. The summed E-state index contributed by atoms with van der Waals surface area (Å²) >= 11 is 0. The molecule has 0 fully saturated rings. The van der Waals surface area contributed by atoms with Gasteiger partial charge in [0.05, 0.1) is 6.10 Å². The van der Waals surface area contributed by atoms with Crippen LogP contribution in [0.2, 0.25) is 0 Å². The highest BCUT2D eigenvalue weighted by molar-refractivity contribution is 5.82. The van der Waals surface area contributed by atoms with Gasteiger partial charge in [0.2, 0.25) is 0 Å². The Morgan fingerprint density at radius 3 is 2.56 bits per heavy atom. The van der Waals surface area contributed by atoms with Crippen LogP contribution in [0.1, 0.15) is 38.2 Å². The summed E-state index contributed by atoms with van der Waals surface area (Å²) in [5.74, 6) is 0. The molecular weight excluding hydrogens is 220 g/mol. The van der Waals surface area contributed by atoms with E-state index in [1.165, 1.54) is 29.2 Å². The number of rotatable bonds is 6. The van der Waals surface area contributed by atoms with Crippen molar-refractivity contribution in [3.63, 3.8) is 0 Å². The molecule has 18 heavy (non-hydrogen) atoms. The van der Waals surface area contributed by atoms with Crippen molar-refractivity contribution in [2.75, 3.05) is 0 Å². The summed E-state index contributed by atoms with van der Waals surface area (Å²) in [5, 5.41) is 12.5. The number of benzene rings is 2. The number of fused-ring (bicyclic) bond motifs is 1. The zero-order chi connectivity index (χ0) is 12.8. The van der Waals surface area contributed by atoms with Crippen LogP contribution in [0.5, 0.6) is 0 Å². The second kappa shape index (κ2) is 6.55. The van der Waals surface area contributed by atoms with E-state index in [-0.39, 0.29) is 6.10 Å². The van der Waals surface area contributed by atoms with Gasteiger partial charge in [-0.2, -0.15) is 0 Å². The van der Waals surface area contributed by atoms with Gasteiger partial charge in [0.1, 0.15) is 0 Å². The lowest BCUT2D eigenvalue weighted by molar-refractivity contribution is 0.161. The van der Waals surface area contributed by atoms with Crippen molar-refractivity contribution in [3.8, 4) is 0 Å². The normalized spacial score (nSPS) is 12.8. The molecule has 96 valence electrons. The molecule has 0 saturated heterocycles. The number of unbranched alkanes of at least 4 members (excludes halogenated alkanes) is 2. The van der Waals surface area contributed by atoms with Gasteiger partial charge in [-0.1, -0.05) is 68.7 Å². The van der Waals surface area contributed by atoms with Crippen LogP contribution in [-0.4, -0.2) is 11.2 Å². The molecule has 0 heterocycles. The SMILES string of the molecule is CCCCCC(O)Cc1ccc2ccccc2c1. The van der Waals surface area contributed by atoms with Crippen molar-refractivity contribution in [1.82, 2.24) is 0 Å². The highest BCUT2D eigenvalue weighted by Gasteiger charge is 2.05. The van der Waals surface area contributed by atoms with Gasteiger partial charge in [-0.3, -0.25) is 0 Å².